The van der Waals surface area contributed by atoms with Gasteiger partial charge in [0.25, 0.3) is 0 Å². The first-order chi connectivity index (χ1) is 8.58. The average Bonchev–Trinajstić information content (AvgIpc) is 2.35. The number of nitrogens with zero attached hydrogens (tertiary/aromatic N) is 1. The van der Waals surface area contributed by atoms with Crippen molar-refractivity contribution in [2.75, 3.05) is 5.73 Å². The third-order valence-corrected chi connectivity index (χ3v) is 3.46. The first-order valence-corrected chi connectivity index (χ1v) is 6.26. The SMILES string of the molecule is Nc1ccncc1CC(N)c1cc(F)ccc1Br. The highest BCUT2D eigenvalue weighted by atomic mass is 79.9. The minimum atomic E-state index is -0.332. The molecule has 0 bridgehead atoms. The summed E-state index contributed by atoms with van der Waals surface area (Å²) in [6.07, 6.45) is 3.83. The molecule has 0 aliphatic heterocycles. The van der Waals surface area contributed by atoms with Crippen LogP contribution in [0.1, 0.15) is 17.2 Å². The van der Waals surface area contributed by atoms with E-state index in [2.05, 4.69) is 20.9 Å². The van der Waals surface area contributed by atoms with Gasteiger partial charge < -0.3 is 11.5 Å². The number of anilines is 1. The Bertz CT molecular complexity index is 560. The predicted octanol–water partition coefficient (Wildman–Crippen LogP) is 2.81. The van der Waals surface area contributed by atoms with Crippen LogP contribution in [0.4, 0.5) is 10.1 Å². The molecule has 4 N–H and O–H groups in total. The highest BCUT2D eigenvalue weighted by molar-refractivity contribution is 9.10. The molecule has 0 aliphatic rings. The van der Waals surface area contributed by atoms with Crippen LogP contribution < -0.4 is 11.5 Å². The van der Waals surface area contributed by atoms with Crippen LogP contribution in [0.15, 0.2) is 41.1 Å². The molecule has 3 nitrogen and oxygen atoms in total. The number of aromatic nitrogens is 1. The summed E-state index contributed by atoms with van der Waals surface area (Å²) in [5, 5.41) is 0. The Kier molecular flexibility index (Phi) is 3.93. The van der Waals surface area contributed by atoms with Crippen LogP contribution in [-0.4, -0.2) is 4.98 Å². The van der Waals surface area contributed by atoms with Crippen LogP contribution in [0.5, 0.6) is 0 Å². The van der Waals surface area contributed by atoms with Crippen LogP contribution >= 0.6 is 15.9 Å². The van der Waals surface area contributed by atoms with Crippen LogP contribution in [0, 0.1) is 5.82 Å². The number of nitrogen functional groups attached to an aromatic ring is 1. The maximum absolute atomic E-state index is 13.2. The smallest absolute Gasteiger partial charge is 0.123 e. The molecule has 0 radical (unpaired) electrons. The number of benzene rings is 1. The molecule has 1 atom stereocenters. The highest BCUT2D eigenvalue weighted by Gasteiger charge is 2.13. The van der Waals surface area contributed by atoms with Gasteiger partial charge in [-0.2, -0.15) is 0 Å². The van der Waals surface area contributed by atoms with Crippen molar-refractivity contribution >= 4 is 21.6 Å². The molecule has 1 unspecified atom stereocenters. The van der Waals surface area contributed by atoms with Gasteiger partial charge in [-0.1, -0.05) is 15.9 Å². The lowest BCUT2D eigenvalue weighted by Crippen LogP contribution is -2.15. The quantitative estimate of drug-likeness (QED) is 0.916. The minimum absolute atomic E-state index is 0.303. The van der Waals surface area contributed by atoms with Gasteiger partial charge in [0.2, 0.25) is 0 Å². The first-order valence-electron chi connectivity index (χ1n) is 5.47. The van der Waals surface area contributed by atoms with E-state index in [0.29, 0.717) is 12.1 Å². The van der Waals surface area contributed by atoms with Gasteiger partial charge in [-0.05, 0) is 41.8 Å². The van der Waals surface area contributed by atoms with Crippen molar-refractivity contribution in [3.05, 3.63) is 58.1 Å². The standard InChI is InChI=1S/C13H13BrFN3/c14-11-2-1-9(15)6-10(11)13(17)5-8-7-18-4-3-12(8)16/h1-4,6-7,13H,5,17H2,(H2,16,18). The van der Waals surface area contributed by atoms with E-state index in [1.54, 1.807) is 24.5 Å². The lowest BCUT2D eigenvalue weighted by Gasteiger charge is -2.15. The normalized spacial score (nSPS) is 12.4. The zero-order valence-corrected chi connectivity index (χ0v) is 11.2. The molecule has 1 aromatic carbocycles. The molecule has 5 heteroatoms. The molecule has 0 amide bonds. The number of nitrogens with two attached hydrogens (primary N) is 2. The Hall–Kier alpha value is -1.46. The van der Waals surface area contributed by atoms with E-state index in [1.807, 2.05) is 0 Å². The van der Waals surface area contributed by atoms with Crippen molar-refractivity contribution in [2.45, 2.75) is 12.5 Å². The van der Waals surface area contributed by atoms with Gasteiger partial charge in [0.05, 0.1) is 0 Å². The summed E-state index contributed by atoms with van der Waals surface area (Å²) in [5.74, 6) is -0.303. The maximum atomic E-state index is 13.2. The molecule has 0 aliphatic carbocycles. The van der Waals surface area contributed by atoms with Crippen LogP contribution in [0.3, 0.4) is 0 Å². The summed E-state index contributed by atoms with van der Waals surface area (Å²) < 4.78 is 14.0. The van der Waals surface area contributed by atoms with Crippen molar-refractivity contribution in [3.63, 3.8) is 0 Å². The summed E-state index contributed by atoms with van der Waals surface area (Å²) in [4.78, 5) is 4.01. The van der Waals surface area contributed by atoms with Gasteiger partial charge >= 0.3 is 0 Å². The highest BCUT2D eigenvalue weighted by Crippen LogP contribution is 2.26. The van der Waals surface area contributed by atoms with Crippen molar-refractivity contribution in [2.24, 2.45) is 5.73 Å². The third-order valence-electron chi connectivity index (χ3n) is 2.74. The van der Waals surface area contributed by atoms with Gasteiger partial charge in [0.15, 0.2) is 0 Å². The number of hydrogen-bond donors (Lipinski definition) is 2. The molecule has 2 aromatic rings. The number of hydrogen-bond acceptors (Lipinski definition) is 3. The van der Waals surface area contributed by atoms with E-state index in [9.17, 15) is 4.39 Å². The third kappa shape index (κ3) is 2.86. The summed E-state index contributed by atoms with van der Waals surface area (Å²) in [6.45, 7) is 0. The van der Waals surface area contributed by atoms with Gasteiger partial charge in [-0.15, -0.1) is 0 Å². The Labute approximate surface area is 113 Å². The monoisotopic (exact) mass is 309 g/mol. The fraction of sp³-hybridized carbons (Fsp3) is 0.154. The van der Waals surface area contributed by atoms with E-state index in [1.165, 1.54) is 12.1 Å². The number of pyridine rings is 1. The predicted molar refractivity (Wildman–Crippen MR) is 73.4 cm³/mol. The summed E-state index contributed by atoms with van der Waals surface area (Å²) >= 11 is 3.37. The van der Waals surface area contributed by atoms with Gasteiger partial charge in [-0.25, -0.2) is 4.39 Å². The van der Waals surface area contributed by atoms with Crippen molar-refractivity contribution < 1.29 is 4.39 Å². The lowest BCUT2D eigenvalue weighted by atomic mass is 10.00. The largest absolute Gasteiger partial charge is 0.398 e. The van der Waals surface area contributed by atoms with E-state index in [0.717, 1.165) is 15.6 Å². The Morgan fingerprint density at radius 2 is 2.11 bits per heavy atom. The second kappa shape index (κ2) is 5.46. The zero-order chi connectivity index (χ0) is 13.1. The van der Waals surface area contributed by atoms with Crippen molar-refractivity contribution in [3.8, 4) is 0 Å². The van der Waals surface area contributed by atoms with E-state index in [-0.39, 0.29) is 11.9 Å². The van der Waals surface area contributed by atoms with Crippen LogP contribution in [0.25, 0.3) is 0 Å². The van der Waals surface area contributed by atoms with Gasteiger partial charge in [0.1, 0.15) is 5.82 Å². The van der Waals surface area contributed by atoms with E-state index in [4.69, 9.17) is 11.5 Å². The molecule has 1 heterocycles. The van der Waals surface area contributed by atoms with Crippen LogP contribution in [0.2, 0.25) is 0 Å². The molecule has 0 saturated carbocycles. The molecule has 0 spiro atoms. The van der Waals surface area contributed by atoms with Crippen molar-refractivity contribution in [1.82, 2.24) is 4.98 Å². The van der Waals surface area contributed by atoms with Crippen molar-refractivity contribution in [1.29, 1.82) is 0 Å². The zero-order valence-electron chi connectivity index (χ0n) is 9.61. The lowest BCUT2D eigenvalue weighted by molar-refractivity contribution is 0.617. The van der Waals surface area contributed by atoms with Crippen LogP contribution in [-0.2, 0) is 6.42 Å². The number of halogens is 2. The Morgan fingerprint density at radius 1 is 1.33 bits per heavy atom. The molecular weight excluding hydrogens is 297 g/mol. The number of rotatable bonds is 3. The van der Waals surface area contributed by atoms with E-state index >= 15 is 0 Å². The maximum Gasteiger partial charge on any atom is 0.123 e. The second-order valence-electron chi connectivity index (χ2n) is 4.05. The fourth-order valence-corrected chi connectivity index (χ4v) is 2.29. The molecule has 1 aromatic heterocycles. The molecule has 2 rings (SSSR count). The first kappa shape index (κ1) is 13.0. The fourth-order valence-electron chi connectivity index (χ4n) is 1.75. The van der Waals surface area contributed by atoms with Gasteiger partial charge in [0, 0.05) is 28.6 Å². The van der Waals surface area contributed by atoms with E-state index < -0.39 is 0 Å². The van der Waals surface area contributed by atoms with Gasteiger partial charge in [-0.3, -0.25) is 4.98 Å². The second-order valence-corrected chi connectivity index (χ2v) is 4.91. The molecule has 18 heavy (non-hydrogen) atoms. The summed E-state index contributed by atoms with van der Waals surface area (Å²) in [7, 11) is 0. The molecule has 94 valence electrons. The molecule has 0 saturated heterocycles. The Morgan fingerprint density at radius 3 is 2.83 bits per heavy atom. The average molecular weight is 310 g/mol. The topological polar surface area (TPSA) is 64.9 Å². The Balaban J connectivity index is 2.25. The molecule has 0 fully saturated rings. The molecular formula is C13H13BrFN3. The minimum Gasteiger partial charge on any atom is -0.398 e. The summed E-state index contributed by atoms with van der Waals surface area (Å²) in [6, 6.07) is 5.86. The summed E-state index contributed by atoms with van der Waals surface area (Å²) in [5.41, 5.74) is 14.1.